The van der Waals surface area contributed by atoms with Crippen LogP contribution in [0.2, 0.25) is 0 Å². The van der Waals surface area contributed by atoms with Crippen molar-refractivity contribution in [3.05, 3.63) is 27.1 Å². The van der Waals surface area contributed by atoms with Crippen LogP contribution in [0.1, 0.15) is 5.89 Å². The molecule has 0 atom stereocenters. The maximum Gasteiger partial charge on any atom is 0.312 e. The second-order valence-corrected chi connectivity index (χ2v) is 4.84. The smallest absolute Gasteiger partial charge is 0.312 e. The molecule has 88 valence electrons. The van der Waals surface area contributed by atoms with Crippen LogP contribution >= 0.6 is 31.9 Å². The Kier molecular flexibility index (Phi) is 3.53. The van der Waals surface area contributed by atoms with E-state index in [-0.39, 0.29) is 18.1 Å². The van der Waals surface area contributed by atoms with Gasteiger partial charge in [0.25, 0.3) is 0 Å². The molecule has 2 rings (SSSR count). The van der Waals surface area contributed by atoms with Crippen molar-refractivity contribution in [3.8, 4) is 11.5 Å². The molecule has 0 saturated carbocycles. The van der Waals surface area contributed by atoms with Gasteiger partial charge in [-0.2, -0.15) is 4.98 Å². The Labute approximate surface area is 112 Å². The molecule has 2 heterocycles. The van der Waals surface area contributed by atoms with Gasteiger partial charge in [0.2, 0.25) is 11.7 Å². The lowest BCUT2D eigenvalue weighted by atomic mass is 10.3. The molecule has 0 aliphatic rings. The van der Waals surface area contributed by atoms with Gasteiger partial charge in [-0.25, -0.2) is 0 Å². The van der Waals surface area contributed by atoms with Gasteiger partial charge in [0.1, 0.15) is 12.1 Å². The van der Waals surface area contributed by atoms with Gasteiger partial charge in [0.05, 0.1) is 0 Å². The van der Waals surface area contributed by atoms with Gasteiger partial charge in [-0.05, 0) is 37.9 Å². The van der Waals surface area contributed by atoms with Crippen molar-refractivity contribution in [1.82, 2.24) is 15.1 Å². The topological polar surface area (TPSA) is 89.1 Å². The normalized spacial score (nSPS) is 10.5. The second kappa shape index (κ2) is 4.92. The van der Waals surface area contributed by atoms with Gasteiger partial charge in [0, 0.05) is 15.1 Å². The minimum absolute atomic E-state index is 0.0455. The number of halogens is 2. The fourth-order valence-electron chi connectivity index (χ4n) is 1.13. The predicted octanol–water partition coefficient (Wildman–Crippen LogP) is 2.28. The van der Waals surface area contributed by atoms with Crippen molar-refractivity contribution >= 4 is 37.8 Å². The summed E-state index contributed by atoms with van der Waals surface area (Å²) in [5.74, 6) is -0.729. The molecule has 0 unspecified atom stereocenters. The molecule has 1 N–H and O–H groups in total. The summed E-state index contributed by atoms with van der Waals surface area (Å²) in [5, 5.41) is 12.3. The number of carboxylic acid groups (broad SMARTS) is 1. The highest BCUT2D eigenvalue weighted by Crippen LogP contribution is 2.26. The van der Waals surface area contributed by atoms with E-state index >= 15 is 0 Å². The van der Waals surface area contributed by atoms with E-state index < -0.39 is 5.97 Å². The second-order valence-electron chi connectivity index (χ2n) is 3.07. The molecule has 0 spiro atoms. The van der Waals surface area contributed by atoms with Crippen molar-refractivity contribution < 1.29 is 14.4 Å². The molecule has 6 nitrogen and oxygen atoms in total. The van der Waals surface area contributed by atoms with Crippen LogP contribution in [0.5, 0.6) is 0 Å². The van der Waals surface area contributed by atoms with Crippen LogP contribution in [0.3, 0.4) is 0 Å². The summed E-state index contributed by atoms with van der Waals surface area (Å²) in [6, 6.07) is 1.79. The van der Waals surface area contributed by atoms with Crippen molar-refractivity contribution in [1.29, 1.82) is 0 Å². The number of carbonyl (C=O) groups is 1. The van der Waals surface area contributed by atoms with Crippen molar-refractivity contribution in [2.75, 3.05) is 0 Å². The molecule has 0 aromatic carbocycles. The molecule has 0 fully saturated rings. The first-order valence-electron chi connectivity index (χ1n) is 4.42. The molecule has 0 amide bonds. The van der Waals surface area contributed by atoms with Crippen LogP contribution in [-0.2, 0) is 11.2 Å². The van der Waals surface area contributed by atoms with Gasteiger partial charge in [-0.15, -0.1) is 0 Å². The zero-order valence-corrected chi connectivity index (χ0v) is 11.4. The third-order valence-corrected chi connectivity index (χ3v) is 2.83. The molecule has 0 aliphatic carbocycles. The Bertz CT molecular complexity index is 570. The predicted molar refractivity (Wildman–Crippen MR) is 64.3 cm³/mol. The Morgan fingerprint density at radius 3 is 2.88 bits per heavy atom. The van der Waals surface area contributed by atoms with E-state index in [9.17, 15) is 4.79 Å². The van der Waals surface area contributed by atoms with E-state index in [2.05, 4.69) is 47.0 Å². The lowest BCUT2D eigenvalue weighted by molar-refractivity contribution is -0.136. The fraction of sp³-hybridized carbons (Fsp3) is 0.111. The first-order valence-corrected chi connectivity index (χ1v) is 6.00. The third-order valence-electron chi connectivity index (χ3n) is 1.79. The van der Waals surface area contributed by atoms with Crippen LogP contribution in [0.25, 0.3) is 11.5 Å². The van der Waals surface area contributed by atoms with E-state index in [0.29, 0.717) is 10.2 Å². The first kappa shape index (κ1) is 12.2. The van der Waals surface area contributed by atoms with E-state index in [1.807, 2.05) is 0 Å². The minimum atomic E-state index is -1.02. The van der Waals surface area contributed by atoms with Gasteiger partial charge in [0.15, 0.2) is 0 Å². The molecule has 2 aromatic heterocycles. The first-order chi connectivity index (χ1) is 8.06. The minimum Gasteiger partial charge on any atom is -0.481 e. The SMILES string of the molecule is O=C(O)Cc1nc(-c2ncc(Br)cc2Br)no1. The lowest BCUT2D eigenvalue weighted by Crippen LogP contribution is -2.00. The van der Waals surface area contributed by atoms with Gasteiger partial charge in [-0.1, -0.05) is 5.16 Å². The highest BCUT2D eigenvalue weighted by molar-refractivity contribution is 9.11. The Hall–Kier alpha value is -1.28. The number of rotatable bonds is 3. The quantitative estimate of drug-likeness (QED) is 0.900. The van der Waals surface area contributed by atoms with E-state index in [1.165, 1.54) is 0 Å². The Morgan fingerprint density at radius 2 is 2.24 bits per heavy atom. The number of aliphatic carboxylic acids is 1. The van der Waals surface area contributed by atoms with Gasteiger partial charge in [-0.3, -0.25) is 9.78 Å². The van der Waals surface area contributed by atoms with E-state index in [4.69, 9.17) is 9.63 Å². The average molecular weight is 363 g/mol. The maximum atomic E-state index is 10.5. The summed E-state index contributed by atoms with van der Waals surface area (Å²) >= 11 is 6.59. The number of carboxylic acids is 1. The molecule has 0 bridgehead atoms. The molecular weight excluding hydrogens is 358 g/mol. The third kappa shape index (κ3) is 2.89. The molecular formula is C9H5Br2N3O3. The van der Waals surface area contributed by atoms with Crippen LogP contribution < -0.4 is 0 Å². The molecule has 8 heteroatoms. The summed E-state index contributed by atoms with van der Waals surface area (Å²) in [5.41, 5.74) is 0.494. The van der Waals surface area contributed by atoms with E-state index in [0.717, 1.165) is 4.47 Å². The molecule has 2 aromatic rings. The number of nitrogens with zero attached hydrogens (tertiary/aromatic N) is 3. The summed E-state index contributed by atoms with van der Waals surface area (Å²) in [6.07, 6.45) is 1.29. The fourth-order valence-corrected chi connectivity index (χ4v) is 2.30. The van der Waals surface area contributed by atoms with Crippen LogP contribution in [0.15, 0.2) is 25.7 Å². The van der Waals surface area contributed by atoms with Crippen LogP contribution in [0.4, 0.5) is 0 Å². The molecule has 0 radical (unpaired) electrons. The van der Waals surface area contributed by atoms with Crippen LogP contribution in [0, 0.1) is 0 Å². The highest BCUT2D eigenvalue weighted by Gasteiger charge is 2.15. The average Bonchev–Trinajstić information content (AvgIpc) is 2.65. The Morgan fingerprint density at radius 1 is 1.47 bits per heavy atom. The standard InChI is InChI=1S/C9H5Br2N3O3/c10-4-1-5(11)8(12-3-4)9-13-6(17-14-9)2-7(15)16/h1,3H,2H2,(H,15,16). The molecule has 17 heavy (non-hydrogen) atoms. The number of aromatic nitrogens is 3. The highest BCUT2D eigenvalue weighted by atomic mass is 79.9. The number of hydrogen-bond acceptors (Lipinski definition) is 5. The molecule has 0 aliphatic heterocycles. The van der Waals surface area contributed by atoms with E-state index in [1.54, 1.807) is 12.3 Å². The molecule has 0 saturated heterocycles. The largest absolute Gasteiger partial charge is 0.481 e. The van der Waals surface area contributed by atoms with Crippen LogP contribution in [-0.4, -0.2) is 26.2 Å². The zero-order chi connectivity index (χ0) is 12.4. The summed E-state index contributed by atoms with van der Waals surface area (Å²) in [4.78, 5) is 18.5. The Balaban J connectivity index is 2.33. The number of pyridine rings is 1. The number of hydrogen-bond donors (Lipinski definition) is 1. The van der Waals surface area contributed by atoms with Gasteiger partial charge < -0.3 is 9.63 Å². The maximum absolute atomic E-state index is 10.5. The van der Waals surface area contributed by atoms with Gasteiger partial charge >= 0.3 is 5.97 Å². The van der Waals surface area contributed by atoms with Crippen molar-refractivity contribution in [2.45, 2.75) is 6.42 Å². The summed E-state index contributed by atoms with van der Waals surface area (Å²) in [7, 11) is 0. The lowest BCUT2D eigenvalue weighted by Gasteiger charge is -1.97. The van der Waals surface area contributed by atoms with Crippen molar-refractivity contribution in [3.63, 3.8) is 0 Å². The zero-order valence-electron chi connectivity index (χ0n) is 8.22. The van der Waals surface area contributed by atoms with Crippen molar-refractivity contribution in [2.24, 2.45) is 0 Å². The summed E-state index contributed by atoms with van der Waals surface area (Å²) in [6.45, 7) is 0. The summed E-state index contributed by atoms with van der Waals surface area (Å²) < 4.78 is 6.30. The monoisotopic (exact) mass is 361 g/mol.